The molecule has 0 unspecified atom stereocenters. The van der Waals surface area contributed by atoms with Gasteiger partial charge in [0.05, 0.1) is 10.3 Å². The summed E-state index contributed by atoms with van der Waals surface area (Å²) < 4.78 is 34.1. The smallest absolute Gasteiger partial charge is 0.216 e. The summed E-state index contributed by atoms with van der Waals surface area (Å²) in [5, 5.41) is 2.44. The van der Waals surface area contributed by atoms with Crippen LogP contribution < -0.4 is 15.4 Å². The topological polar surface area (TPSA) is 90.3 Å². The molecule has 150 valence electrons. The monoisotopic (exact) mass is 401 g/mol. The molecule has 0 saturated carbocycles. The van der Waals surface area contributed by atoms with Crippen molar-refractivity contribution in [3.05, 3.63) is 65.0 Å². The number of fused-ring (bicyclic) bond motifs is 1. The summed E-state index contributed by atoms with van der Waals surface area (Å²) in [6.45, 7) is 7.15. The summed E-state index contributed by atoms with van der Waals surface area (Å²) in [6.07, 6.45) is 1.89. The average Bonchev–Trinajstić information content (AvgIpc) is 2.56. The molecule has 0 spiro atoms. The number of nitrogen functional groups attached to an aromatic ring is 1. The summed E-state index contributed by atoms with van der Waals surface area (Å²) in [7, 11) is -0.232. The lowest BCUT2D eigenvalue weighted by Gasteiger charge is -2.14. The van der Waals surface area contributed by atoms with Gasteiger partial charge < -0.3 is 9.45 Å². The van der Waals surface area contributed by atoms with Gasteiger partial charge in [0.2, 0.25) is 5.69 Å². The van der Waals surface area contributed by atoms with Gasteiger partial charge in [-0.3, -0.25) is 0 Å². The van der Waals surface area contributed by atoms with Gasteiger partial charge in [0.15, 0.2) is 6.20 Å². The van der Waals surface area contributed by atoms with Crippen LogP contribution in [0.25, 0.3) is 10.8 Å². The molecule has 0 saturated heterocycles. The van der Waals surface area contributed by atoms with Crippen molar-refractivity contribution >= 4 is 26.6 Å². The Bertz CT molecular complexity index is 1100. The molecule has 2 aromatic carbocycles. The van der Waals surface area contributed by atoms with Gasteiger partial charge in [0.25, 0.3) is 0 Å². The lowest BCUT2D eigenvalue weighted by Crippen LogP contribution is -2.46. The van der Waals surface area contributed by atoms with Crippen molar-refractivity contribution in [2.24, 2.45) is 0 Å². The Morgan fingerprint density at radius 2 is 1.54 bits per heavy atom. The summed E-state index contributed by atoms with van der Waals surface area (Å²) in [4.78, 5) is 2.03. The highest BCUT2D eigenvalue weighted by molar-refractivity contribution is 7.85. The van der Waals surface area contributed by atoms with Crippen LogP contribution in [-0.4, -0.2) is 27.1 Å². The molecule has 28 heavy (non-hydrogen) atoms. The summed E-state index contributed by atoms with van der Waals surface area (Å²) in [6, 6.07) is 11.7. The van der Waals surface area contributed by atoms with Crippen molar-refractivity contribution in [3.8, 4) is 0 Å². The van der Waals surface area contributed by atoms with E-state index >= 15 is 0 Å². The Hall–Kier alpha value is -2.64. The van der Waals surface area contributed by atoms with Gasteiger partial charge in [-0.1, -0.05) is 28.4 Å². The number of hydrogen-bond donors (Lipinski definition) is 1. The molecule has 2 N–H and O–H groups in total. The average molecular weight is 402 g/mol. The van der Waals surface area contributed by atoms with E-state index in [2.05, 4.69) is 29.2 Å². The quantitative estimate of drug-likeness (QED) is 0.405. The van der Waals surface area contributed by atoms with Gasteiger partial charge in [-0.25, -0.2) is 14.3 Å². The molecule has 0 aliphatic carbocycles. The fourth-order valence-electron chi connectivity index (χ4n) is 3.40. The zero-order valence-corrected chi connectivity index (χ0v) is 18.0. The Labute approximate surface area is 166 Å². The third-order valence-electron chi connectivity index (χ3n) is 4.60. The van der Waals surface area contributed by atoms with Crippen LogP contribution in [0.4, 0.5) is 5.69 Å². The highest BCUT2D eigenvalue weighted by atomic mass is 32.2. The Morgan fingerprint density at radius 1 is 0.964 bits per heavy atom. The number of nitrogens with zero attached hydrogens (tertiary/aromatic N) is 2. The van der Waals surface area contributed by atoms with Crippen LogP contribution in [0.2, 0.25) is 0 Å². The SMILES string of the molecule is Cc1c2cccc(N(C)C)c2cc[n+]1N.Cc1cc(C)c(S(=O)(=O)[O-])c(C)c1. The van der Waals surface area contributed by atoms with E-state index in [4.69, 9.17) is 5.84 Å². The van der Waals surface area contributed by atoms with Gasteiger partial charge in [-0.15, -0.1) is 0 Å². The Kier molecular flexibility index (Phi) is 6.31. The van der Waals surface area contributed by atoms with Crippen molar-refractivity contribution in [1.29, 1.82) is 0 Å². The molecule has 1 heterocycles. The lowest BCUT2D eigenvalue weighted by molar-refractivity contribution is -0.643. The molecule has 1 aromatic heterocycles. The van der Waals surface area contributed by atoms with E-state index < -0.39 is 10.1 Å². The van der Waals surface area contributed by atoms with Crippen molar-refractivity contribution in [1.82, 2.24) is 0 Å². The standard InChI is InChI=1S/C12H16N3.C9H12O3S/c1-9-10-5-4-6-12(14(2)3)11(10)7-8-15(9)13;1-6-4-7(2)9(8(3)5-6)13(10,11)12/h4-8H,13H2,1-3H3;4-5H,1-3H3,(H,10,11,12)/q+1;/p-1. The first-order valence-corrected chi connectivity index (χ1v) is 10.2. The molecule has 0 atom stereocenters. The second-order valence-electron chi connectivity index (χ2n) is 7.12. The number of aryl methyl sites for hydroxylation is 4. The first-order valence-electron chi connectivity index (χ1n) is 8.83. The van der Waals surface area contributed by atoms with E-state index in [0.29, 0.717) is 11.1 Å². The number of pyridine rings is 1. The number of hydrogen-bond acceptors (Lipinski definition) is 5. The molecule has 0 aliphatic rings. The van der Waals surface area contributed by atoms with E-state index in [-0.39, 0.29) is 4.90 Å². The molecule has 3 aromatic rings. The minimum absolute atomic E-state index is 0.0851. The number of rotatable bonds is 2. The van der Waals surface area contributed by atoms with Crippen LogP contribution in [0.5, 0.6) is 0 Å². The fourth-order valence-corrected chi connectivity index (χ4v) is 4.31. The number of anilines is 1. The number of benzene rings is 2. The zero-order valence-electron chi connectivity index (χ0n) is 17.1. The lowest BCUT2D eigenvalue weighted by atomic mass is 10.1. The van der Waals surface area contributed by atoms with Crippen LogP contribution in [0, 0.1) is 27.7 Å². The highest BCUT2D eigenvalue weighted by Crippen LogP contribution is 2.25. The first-order chi connectivity index (χ1) is 12.9. The van der Waals surface area contributed by atoms with Crippen molar-refractivity contribution < 1.29 is 17.6 Å². The largest absolute Gasteiger partial charge is 0.744 e. The third-order valence-corrected chi connectivity index (χ3v) is 5.74. The van der Waals surface area contributed by atoms with Crippen molar-refractivity contribution in [3.63, 3.8) is 0 Å². The highest BCUT2D eigenvalue weighted by Gasteiger charge is 2.11. The number of aromatic nitrogens is 1. The molecule has 3 rings (SSSR count). The normalized spacial score (nSPS) is 11.1. The minimum atomic E-state index is -4.33. The van der Waals surface area contributed by atoms with Gasteiger partial charge in [-0.2, -0.15) is 0 Å². The van der Waals surface area contributed by atoms with Gasteiger partial charge in [0, 0.05) is 38.2 Å². The molecule has 0 amide bonds. The van der Waals surface area contributed by atoms with Gasteiger partial charge in [-0.05, 0) is 44.0 Å². The second-order valence-corrected chi connectivity index (χ2v) is 8.44. The summed E-state index contributed by atoms with van der Waals surface area (Å²) in [5.74, 6) is 5.82. The molecule has 7 heteroatoms. The zero-order chi connectivity index (χ0) is 21.2. The molecular weight excluding hydrogens is 374 g/mol. The predicted molar refractivity (Wildman–Crippen MR) is 112 cm³/mol. The molecule has 6 nitrogen and oxygen atoms in total. The Balaban J connectivity index is 0.000000203. The fraction of sp³-hybridized carbons (Fsp3) is 0.286. The maximum atomic E-state index is 10.8. The first kappa shape index (κ1) is 21.7. The summed E-state index contributed by atoms with van der Waals surface area (Å²) >= 11 is 0. The van der Waals surface area contributed by atoms with Crippen LogP contribution in [-0.2, 0) is 10.1 Å². The van der Waals surface area contributed by atoms with E-state index in [1.165, 1.54) is 16.5 Å². The maximum Gasteiger partial charge on any atom is 0.216 e. The van der Waals surface area contributed by atoms with Gasteiger partial charge in [0.1, 0.15) is 10.1 Å². The van der Waals surface area contributed by atoms with E-state index in [1.807, 2.05) is 34.1 Å². The van der Waals surface area contributed by atoms with Crippen molar-refractivity contribution in [2.45, 2.75) is 32.6 Å². The van der Waals surface area contributed by atoms with Crippen LogP contribution in [0.3, 0.4) is 0 Å². The molecule has 0 bridgehead atoms. The van der Waals surface area contributed by atoms with Gasteiger partial charge >= 0.3 is 0 Å². The molecule has 0 aliphatic heterocycles. The predicted octanol–water partition coefficient (Wildman–Crippen LogP) is 2.73. The molecule has 0 fully saturated rings. The Morgan fingerprint density at radius 3 is 2.04 bits per heavy atom. The molecule has 0 radical (unpaired) electrons. The van der Waals surface area contributed by atoms with E-state index in [1.54, 1.807) is 30.7 Å². The van der Waals surface area contributed by atoms with Crippen molar-refractivity contribution in [2.75, 3.05) is 24.8 Å². The summed E-state index contributed by atoms with van der Waals surface area (Å²) in [5.41, 5.74) is 4.30. The van der Waals surface area contributed by atoms with Crippen LogP contribution >= 0.6 is 0 Å². The van der Waals surface area contributed by atoms with Crippen LogP contribution in [0.1, 0.15) is 22.4 Å². The van der Waals surface area contributed by atoms with E-state index in [0.717, 1.165) is 11.3 Å². The molecular formula is C21H27N3O3S. The van der Waals surface area contributed by atoms with E-state index in [9.17, 15) is 13.0 Å². The van der Waals surface area contributed by atoms with Crippen LogP contribution in [0.15, 0.2) is 47.5 Å². The second kappa shape index (κ2) is 8.16. The number of nitrogens with two attached hydrogens (primary N) is 1. The third kappa shape index (κ3) is 4.61. The maximum absolute atomic E-state index is 10.8. The minimum Gasteiger partial charge on any atom is -0.744 e.